The van der Waals surface area contributed by atoms with E-state index in [0.29, 0.717) is 23.0 Å². The molecule has 132 valence electrons. The number of benzene rings is 2. The number of para-hydroxylation sites is 1. The van der Waals surface area contributed by atoms with Crippen molar-refractivity contribution in [1.29, 1.82) is 0 Å². The highest BCUT2D eigenvalue weighted by atomic mass is 16.5. The summed E-state index contributed by atoms with van der Waals surface area (Å²) in [4.78, 5) is 16.2. The quantitative estimate of drug-likeness (QED) is 0.634. The number of esters is 1. The molecule has 1 aromatic heterocycles. The molecule has 0 aliphatic rings. The second kappa shape index (κ2) is 8.57. The molecule has 2 N–H and O–H groups in total. The molecule has 2 aromatic carbocycles. The van der Waals surface area contributed by atoms with Gasteiger partial charge in [0.1, 0.15) is 0 Å². The van der Waals surface area contributed by atoms with Crippen LogP contribution in [0.15, 0.2) is 60.8 Å². The van der Waals surface area contributed by atoms with E-state index in [0.717, 1.165) is 13.0 Å². The Morgan fingerprint density at radius 3 is 2.65 bits per heavy atom. The van der Waals surface area contributed by atoms with E-state index < -0.39 is 5.97 Å². The third kappa shape index (κ3) is 4.54. The number of hydrogen-bond acceptors (Lipinski definition) is 7. The third-order valence-corrected chi connectivity index (χ3v) is 3.70. The van der Waals surface area contributed by atoms with Crippen LogP contribution in [0.3, 0.4) is 0 Å². The van der Waals surface area contributed by atoms with Crippen molar-refractivity contribution in [2.75, 3.05) is 24.3 Å². The molecule has 1 heterocycles. The van der Waals surface area contributed by atoms with Gasteiger partial charge in [0.15, 0.2) is 5.82 Å². The predicted octanol–water partition coefficient (Wildman–Crippen LogP) is 3.06. The zero-order valence-corrected chi connectivity index (χ0v) is 14.3. The number of anilines is 3. The van der Waals surface area contributed by atoms with Gasteiger partial charge in [0.05, 0.1) is 24.6 Å². The molecule has 0 radical (unpaired) electrons. The number of carbonyl (C=O) groups is 1. The normalized spacial score (nSPS) is 10.2. The van der Waals surface area contributed by atoms with Crippen LogP contribution >= 0.6 is 0 Å². The minimum Gasteiger partial charge on any atom is -0.465 e. The topological polar surface area (TPSA) is 89.0 Å². The lowest BCUT2D eigenvalue weighted by molar-refractivity contribution is 0.0602. The molecule has 0 unspecified atom stereocenters. The lowest BCUT2D eigenvalue weighted by Gasteiger charge is -2.10. The maximum absolute atomic E-state index is 11.8. The van der Waals surface area contributed by atoms with E-state index in [1.165, 1.54) is 12.7 Å². The maximum atomic E-state index is 11.8. The first-order valence-electron chi connectivity index (χ1n) is 8.18. The smallest absolute Gasteiger partial charge is 0.339 e. The average Bonchev–Trinajstić information content (AvgIpc) is 2.69. The van der Waals surface area contributed by atoms with E-state index in [4.69, 9.17) is 4.74 Å². The van der Waals surface area contributed by atoms with Crippen molar-refractivity contribution in [3.63, 3.8) is 0 Å². The first-order chi connectivity index (χ1) is 12.8. The van der Waals surface area contributed by atoms with Gasteiger partial charge in [0.25, 0.3) is 0 Å². The summed E-state index contributed by atoms with van der Waals surface area (Å²) in [5.74, 6) is 0.471. The van der Waals surface area contributed by atoms with Crippen LogP contribution in [0.2, 0.25) is 0 Å². The summed E-state index contributed by atoms with van der Waals surface area (Å²) in [6.07, 6.45) is 2.43. The first-order valence-corrected chi connectivity index (χ1v) is 8.18. The van der Waals surface area contributed by atoms with Gasteiger partial charge in [-0.1, -0.05) is 42.5 Å². The summed E-state index contributed by atoms with van der Waals surface area (Å²) in [7, 11) is 1.34. The second-order valence-corrected chi connectivity index (χ2v) is 5.49. The Hall–Kier alpha value is -3.48. The fourth-order valence-corrected chi connectivity index (χ4v) is 2.42. The summed E-state index contributed by atoms with van der Waals surface area (Å²) < 4.78 is 4.79. The number of carbonyl (C=O) groups excluding carboxylic acids is 1. The number of nitrogens with one attached hydrogen (secondary N) is 2. The van der Waals surface area contributed by atoms with Gasteiger partial charge in [-0.15, -0.1) is 5.10 Å². The van der Waals surface area contributed by atoms with Gasteiger partial charge < -0.3 is 15.4 Å². The van der Waals surface area contributed by atoms with Crippen LogP contribution in [0.1, 0.15) is 15.9 Å². The molecule has 0 atom stereocenters. The molecule has 7 heteroatoms. The molecule has 0 aliphatic carbocycles. The SMILES string of the molecule is COC(=O)c1ccccc1Nc1nncc(NCCc2ccccc2)n1. The minimum atomic E-state index is -0.432. The molecule has 0 spiro atoms. The number of methoxy groups -OCH3 is 1. The summed E-state index contributed by atoms with van der Waals surface area (Å²) in [5.41, 5.74) is 2.20. The fraction of sp³-hybridized carbons (Fsp3) is 0.158. The van der Waals surface area contributed by atoms with E-state index in [2.05, 4.69) is 37.9 Å². The average molecular weight is 349 g/mol. The lowest BCUT2D eigenvalue weighted by atomic mass is 10.1. The molecule has 7 nitrogen and oxygen atoms in total. The Bertz CT molecular complexity index is 871. The summed E-state index contributed by atoms with van der Waals surface area (Å²) in [5, 5.41) is 14.1. The van der Waals surface area contributed by atoms with Gasteiger partial charge in [0, 0.05) is 6.54 Å². The van der Waals surface area contributed by atoms with Crippen LogP contribution in [0.25, 0.3) is 0 Å². The van der Waals surface area contributed by atoms with Crippen molar-refractivity contribution in [2.24, 2.45) is 0 Å². The van der Waals surface area contributed by atoms with Gasteiger partial charge in [-0.3, -0.25) is 0 Å². The number of nitrogens with zero attached hydrogens (tertiary/aromatic N) is 3. The van der Waals surface area contributed by atoms with E-state index in [-0.39, 0.29) is 0 Å². The third-order valence-electron chi connectivity index (χ3n) is 3.70. The molecule has 0 amide bonds. The van der Waals surface area contributed by atoms with E-state index in [1.54, 1.807) is 24.4 Å². The van der Waals surface area contributed by atoms with Crippen molar-refractivity contribution >= 4 is 23.4 Å². The van der Waals surface area contributed by atoms with Crippen LogP contribution in [0.5, 0.6) is 0 Å². The molecular weight excluding hydrogens is 330 g/mol. The van der Waals surface area contributed by atoms with Crippen LogP contribution in [-0.4, -0.2) is 34.8 Å². The summed E-state index contributed by atoms with van der Waals surface area (Å²) in [6, 6.07) is 17.2. The highest BCUT2D eigenvalue weighted by Crippen LogP contribution is 2.19. The van der Waals surface area contributed by atoms with Gasteiger partial charge >= 0.3 is 5.97 Å². The number of rotatable bonds is 7. The van der Waals surface area contributed by atoms with Crippen LogP contribution in [0, 0.1) is 0 Å². The van der Waals surface area contributed by atoms with E-state index in [1.807, 2.05) is 24.3 Å². The molecule has 0 saturated heterocycles. The Morgan fingerprint density at radius 2 is 1.85 bits per heavy atom. The number of aromatic nitrogens is 3. The zero-order valence-electron chi connectivity index (χ0n) is 14.3. The molecule has 0 fully saturated rings. The molecule has 26 heavy (non-hydrogen) atoms. The molecule has 0 bridgehead atoms. The van der Waals surface area contributed by atoms with Crippen molar-refractivity contribution in [1.82, 2.24) is 15.2 Å². The van der Waals surface area contributed by atoms with Crippen LogP contribution in [0.4, 0.5) is 17.5 Å². The monoisotopic (exact) mass is 349 g/mol. The summed E-state index contributed by atoms with van der Waals surface area (Å²) in [6.45, 7) is 0.723. The Morgan fingerprint density at radius 1 is 1.08 bits per heavy atom. The first kappa shape index (κ1) is 17.3. The van der Waals surface area contributed by atoms with Gasteiger partial charge in [0.2, 0.25) is 5.95 Å². The minimum absolute atomic E-state index is 0.297. The number of hydrogen-bond donors (Lipinski definition) is 2. The van der Waals surface area contributed by atoms with E-state index in [9.17, 15) is 4.79 Å². The van der Waals surface area contributed by atoms with Crippen molar-refractivity contribution < 1.29 is 9.53 Å². The Kier molecular flexibility index (Phi) is 5.72. The van der Waals surface area contributed by atoms with Crippen molar-refractivity contribution in [3.05, 3.63) is 71.9 Å². The molecule has 0 saturated carbocycles. The Labute approximate surface area is 151 Å². The number of ether oxygens (including phenoxy) is 1. The maximum Gasteiger partial charge on any atom is 0.339 e. The predicted molar refractivity (Wildman–Crippen MR) is 99.5 cm³/mol. The highest BCUT2D eigenvalue weighted by molar-refractivity contribution is 5.96. The fourth-order valence-electron chi connectivity index (χ4n) is 2.42. The second-order valence-electron chi connectivity index (χ2n) is 5.49. The van der Waals surface area contributed by atoms with E-state index >= 15 is 0 Å². The van der Waals surface area contributed by atoms with Crippen molar-refractivity contribution in [3.8, 4) is 0 Å². The molecule has 3 rings (SSSR count). The van der Waals surface area contributed by atoms with Crippen LogP contribution in [-0.2, 0) is 11.2 Å². The van der Waals surface area contributed by atoms with Gasteiger partial charge in [-0.25, -0.2) is 4.79 Å². The molecule has 3 aromatic rings. The standard InChI is InChI=1S/C19H19N5O2/c1-26-18(25)15-9-5-6-10-16(15)22-19-23-17(13-21-24-19)20-12-11-14-7-3-2-4-8-14/h2-10,13H,11-12H2,1H3,(H2,20,22,23,24). The largest absolute Gasteiger partial charge is 0.465 e. The Balaban J connectivity index is 1.65. The summed E-state index contributed by atoms with van der Waals surface area (Å²) >= 11 is 0. The van der Waals surface area contributed by atoms with Gasteiger partial charge in [-0.05, 0) is 24.1 Å². The highest BCUT2D eigenvalue weighted by Gasteiger charge is 2.12. The van der Waals surface area contributed by atoms with Crippen LogP contribution < -0.4 is 10.6 Å². The van der Waals surface area contributed by atoms with Crippen molar-refractivity contribution in [2.45, 2.75) is 6.42 Å². The molecule has 0 aliphatic heterocycles. The molecular formula is C19H19N5O2. The lowest BCUT2D eigenvalue weighted by Crippen LogP contribution is -2.10. The zero-order chi connectivity index (χ0) is 18.2. The van der Waals surface area contributed by atoms with Gasteiger partial charge in [-0.2, -0.15) is 10.1 Å².